The highest BCUT2D eigenvalue weighted by Crippen LogP contribution is 2.23. The van der Waals surface area contributed by atoms with Gasteiger partial charge in [0, 0.05) is 13.6 Å². The number of carbonyl (C=O) groups excluding carboxylic acids is 3. The Balaban J connectivity index is 3.13. The summed E-state index contributed by atoms with van der Waals surface area (Å²) in [6.07, 6.45) is 2.06. The molecule has 0 aliphatic heterocycles. The molecule has 180 valence electrons. The van der Waals surface area contributed by atoms with E-state index in [-0.39, 0.29) is 5.91 Å². The van der Waals surface area contributed by atoms with E-state index < -0.39 is 36.3 Å². The van der Waals surface area contributed by atoms with Crippen LogP contribution in [0.5, 0.6) is 0 Å². The van der Waals surface area contributed by atoms with Crippen molar-refractivity contribution in [1.82, 2.24) is 15.5 Å². The van der Waals surface area contributed by atoms with E-state index in [0.717, 1.165) is 30.4 Å². The standard InChI is InChI=1S/C24H39N3O5/c1-8-9-10-11-25-21(29)20(18-13-16(2)12-17(3)14-18)27(7)22(30)19(15-28)26-23(31)32-24(4,5)6/h12-14,19-20,28H,8-11,15H2,1-7H3,(H,25,29)(H,26,31). The summed E-state index contributed by atoms with van der Waals surface area (Å²) in [6.45, 7) is 10.9. The molecule has 3 amide bonds. The van der Waals surface area contributed by atoms with Gasteiger partial charge in [0.1, 0.15) is 17.7 Å². The highest BCUT2D eigenvalue weighted by atomic mass is 16.6. The molecule has 32 heavy (non-hydrogen) atoms. The molecule has 2 unspecified atom stereocenters. The van der Waals surface area contributed by atoms with Crippen LogP contribution in [0.2, 0.25) is 0 Å². The number of nitrogens with one attached hydrogen (secondary N) is 2. The fraction of sp³-hybridized carbons (Fsp3) is 0.625. The zero-order chi connectivity index (χ0) is 24.5. The highest BCUT2D eigenvalue weighted by molar-refractivity contribution is 5.92. The summed E-state index contributed by atoms with van der Waals surface area (Å²) in [5.41, 5.74) is 1.85. The number of carbonyl (C=O) groups is 3. The summed E-state index contributed by atoms with van der Waals surface area (Å²) < 4.78 is 5.19. The number of unbranched alkanes of at least 4 members (excludes halogenated alkanes) is 2. The van der Waals surface area contributed by atoms with Gasteiger partial charge in [-0.3, -0.25) is 9.59 Å². The fourth-order valence-corrected chi connectivity index (χ4v) is 3.41. The average Bonchev–Trinajstić information content (AvgIpc) is 2.67. The second kappa shape index (κ2) is 12.4. The second-order valence-electron chi connectivity index (χ2n) is 9.15. The van der Waals surface area contributed by atoms with E-state index in [1.807, 2.05) is 32.0 Å². The predicted octanol–water partition coefficient (Wildman–Crippen LogP) is 2.99. The molecule has 0 saturated carbocycles. The van der Waals surface area contributed by atoms with Crippen LogP contribution in [0.15, 0.2) is 18.2 Å². The number of nitrogens with zero attached hydrogens (tertiary/aromatic N) is 1. The maximum absolute atomic E-state index is 13.2. The molecule has 1 aromatic rings. The van der Waals surface area contributed by atoms with Crippen LogP contribution in [0.25, 0.3) is 0 Å². The van der Waals surface area contributed by atoms with Crippen molar-refractivity contribution >= 4 is 17.9 Å². The molecule has 1 aromatic carbocycles. The zero-order valence-corrected chi connectivity index (χ0v) is 20.4. The number of ether oxygens (including phenoxy) is 1. The molecule has 2 atom stereocenters. The van der Waals surface area contributed by atoms with Crippen molar-refractivity contribution < 1.29 is 24.2 Å². The Labute approximate surface area is 191 Å². The van der Waals surface area contributed by atoms with Gasteiger partial charge in [-0.1, -0.05) is 49.1 Å². The third-order valence-corrected chi connectivity index (χ3v) is 4.79. The molecular formula is C24H39N3O5. The summed E-state index contributed by atoms with van der Waals surface area (Å²) >= 11 is 0. The molecule has 0 fully saturated rings. The average molecular weight is 450 g/mol. The van der Waals surface area contributed by atoms with Gasteiger partial charge in [-0.15, -0.1) is 0 Å². The van der Waals surface area contributed by atoms with Crippen molar-refractivity contribution in [1.29, 1.82) is 0 Å². The number of alkyl carbamates (subject to hydrolysis) is 1. The molecule has 0 heterocycles. The number of aryl methyl sites for hydroxylation is 2. The SMILES string of the molecule is CCCCCNC(=O)C(c1cc(C)cc(C)c1)N(C)C(=O)C(CO)NC(=O)OC(C)(C)C. The normalized spacial score (nSPS) is 13.1. The minimum atomic E-state index is -1.24. The fourth-order valence-electron chi connectivity index (χ4n) is 3.41. The van der Waals surface area contributed by atoms with Crippen molar-refractivity contribution in [2.75, 3.05) is 20.2 Å². The van der Waals surface area contributed by atoms with Gasteiger partial charge in [-0.25, -0.2) is 4.79 Å². The molecule has 8 heteroatoms. The summed E-state index contributed by atoms with van der Waals surface area (Å²) in [4.78, 5) is 39.7. The summed E-state index contributed by atoms with van der Waals surface area (Å²) in [5.74, 6) is -0.901. The van der Waals surface area contributed by atoms with Crippen LogP contribution < -0.4 is 10.6 Å². The maximum atomic E-state index is 13.2. The third-order valence-electron chi connectivity index (χ3n) is 4.79. The number of hydrogen-bond donors (Lipinski definition) is 3. The molecule has 3 N–H and O–H groups in total. The molecular weight excluding hydrogens is 410 g/mol. The van der Waals surface area contributed by atoms with Gasteiger partial charge >= 0.3 is 6.09 Å². The predicted molar refractivity (Wildman–Crippen MR) is 124 cm³/mol. The lowest BCUT2D eigenvalue weighted by Crippen LogP contribution is -2.53. The van der Waals surface area contributed by atoms with Crippen LogP contribution in [0, 0.1) is 13.8 Å². The molecule has 0 bridgehead atoms. The first kappa shape index (κ1) is 27.4. The van der Waals surface area contributed by atoms with Gasteiger partial charge in [0.15, 0.2) is 0 Å². The largest absolute Gasteiger partial charge is 0.444 e. The van der Waals surface area contributed by atoms with Crippen LogP contribution in [0.1, 0.15) is 69.7 Å². The Morgan fingerprint density at radius 3 is 2.19 bits per heavy atom. The number of aliphatic hydroxyl groups excluding tert-OH is 1. The molecule has 0 aromatic heterocycles. The summed E-state index contributed by atoms with van der Waals surface area (Å²) in [5, 5.41) is 15.1. The molecule has 0 saturated heterocycles. The van der Waals surface area contributed by atoms with Crippen LogP contribution in [-0.4, -0.2) is 59.8 Å². The maximum Gasteiger partial charge on any atom is 0.408 e. The first-order valence-electron chi connectivity index (χ1n) is 11.1. The lowest BCUT2D eigenvalue weighted by atomic mass is 9.99. The molecule has 8 nitrogen and oxygen atoms in total. The second-order valence-corrected chi connectivity index (χ2v) is 9.15. The number of hydrogen-bond acceptors (Lipinski definition) is 5. The van der Waals surface area contributed by atoms with Gasteiger partial charge in [0.2, 0.25) is 11.8 Å². The van der Waals surface area contributed by atoms with Crippen molar-refractivity contribution in [2.24, 2.45) is 0 Å². The Kier molecular flexibility index (Phi) is 10.7. The van der Waals surface area contributed by atoms with Gasteiger partial charge in [-0.05, 0) is 46.6 Å². The lowest BCUT2D eigenvalue weighted by molar-refractivity contribution is -0.141. The molecule has 0 radical (unpaired) electrons. The van der Waals surface area contributed by atoms with Crippen LogP contribution in [0.4, 0.5) is 4.79 Å². The van der Waals surface area contributed by atoms with Crippen molar-refractivity contribution in [2.45, 2.75) is 78.5 Å². The van der Waals surface area contributed by atoms with Crippen LogP contribution >= 0.6 is 0 Å². The van der Waals surface area contributed by atoms with Gasteiger partial charge in [0.25, 0.3) is 0 Å². The zero-order valence-electron chi connectivity index (χ0n) is 20.4. The summed E-state index contributed by atoms with van der Waals surface area (Å²) in [6, 6.07) is 3.57. The number of rotatable bonds is 10. The van der Waals surface area contributed by atoms with E-state index in [4.69, 9.17) is 4.74 Å². The third kappa shape index (κ3) is 8.86. The van der Waals surface area contributed by atoms with Crippen LogP contribution in [-0.2, 0) is 14.3 Å². The minimum Gasteiger partial charge on any atom is -0.444 e. The Hall–Kier alpha value is -2.61. The Morgan fingerprint density at radius 1 is 1.09 bits per heavy atom. The van der Waals surface area contributed by atoms with E-state index in [1.54, 1.807) is 20.8 Å². The van der Waals surface area contributed by atoms with Gasteiger partial charge < -0.3 is 25.4 Å². The number of likely N-dealkylation sites (N-methyl/N-ethyl adjacent to an activating group) is 1. The van der Waals surface area contributed by atoms with Crippen molar-refractivity contribution in [3.8, 4) is 0 Å². The Morgan fingerprint density at radius 2 is 1.69 bits per heavy atom. The van der Waals surface area contributed by atoms with Crippen molar-refractivity contribution in [3.05, 3.63) is 34.9 Å². The smallest absolute Gasteiger partial charge is 0.408 e. The van der Waals surface area contributed by atoms with Crippen molar-refractivity contribution in [3.63, 3.8) is 0 Å². The number of benzene rings is 1. The summed E-state index contributed by atoms with van der Waals surface area (Å²) in [7, 11) is 1.50. The first-order chi connectivity index (χ1) is 14.9. The van der Waals surface area contributed by atoms with Gasteiger partial charge in [-0.2, -0.15) is 0 Å². The molecule has 1 rings (SSSR count). The van der Waals surface area contributed by atoms with E-state index in [1.165, 1.54) is 11.9 Å². The molecule has 0 aliphatic rings. The van der Waals surface area contributed by atoms with Crippen LogP contribution in [0.3, 0.4) is 0 Å². The topological polar surface area (TPSA) is 108 Å². The minimum absolute atomic E-state index is 0.309. The van der Waals surface area contributed by atoms with E-state index in [0.29, 0.717) is 12.1 Å². The quantitative estimate of drug-likeness (QED) is 0.476. The highest BCUT2D eigenvalue weighted by Gasteiger charge is 2.34. The Bertz CT molecular complexity index is 768. The first-order valence-corrected chi connectivity index (χ1v) is 11.1. The molecule has 0 aliphatic carbocycles. The number of aliphatic hydroxyl groups is 1. The van der Waals surface area contributed by atoms with E-state index >= 15 is 0 Å². The van der Waals surface area contributed by atoms with E-state index in [2.05, 4.69) is 17.6 Å². The number of amides is 3. The molecule has 0 spiro atoms. The van der Waals surface area contributed by atoms with Gasteiger partial charge in [0.05, 0.1) is 6.61 Å². The van der Waals surface area contributed by atoms with E-state index in [9.17, 15) is 19.5 Å². The lowest BCUT2D eigenvalue weighted by Gasteiger charge is -2.31. The monoisotopic (exact) mass is 449 g/mol.